The van der Waals surface area contributed by atoms with Crippen LogP contribution in [0.1, 0.15) is 18.9 Å². The highest BCUT2D eigenvalue weighted by molar-refractivity contribution is 7.88. The summed E-state index contributed by atoms with van der Waals surface area (Å²) in [6.45, 7) is 9.15. The van der Waals surface area contributed by atoms with Crippen LogP contribution in [0.3, 0.4) is 0 Å². The lowest BCUT2D eigenvalue weighted by molar-refractivity contribution is 0.485. The van der Waals surface area contributed by atoms with Crippen LogP contribution < -0.4 is 0 Å². The van der Waals surface area contributed by atoms with Crippen molar-refractivity contribution in [2.45, 2.75) is 13.3 Å². The van der Waals surface area contributed by atoms with Crippen molar-refractivity contribution < 1.29 is 17.5 Å². The van der Waals surface area contributed by atoms with Gasteiger partial charge < -0.3 is 4.74 Å². The lowest BCUT2D eigenvalue weighted by Gasteiger charge is -2.17. The van der Waals surface area contributed by atoms with Crippen molar-refractivity contribution in [1.29, 1.82) is 0 Å². The molecule has 0 bridgehead atoms. The first-order valence-corrected chi connectivity index (χ1v) is 8.33. The highest BCUT2D eigenvalue weighted by Crippen LogP contribution is 2.17. The van der Waals surface area contributed by atoms with Gasteiger partial charge >= 0.3 is 0 Å². The van der Waals surface area contributed by atoms with Gasteiger partial charge in [-0.15, -0.1) is 0 Å². The Labute approximate surface area is 130 Å². The number of halogens is 1. The first kappa shape index (κ1) is 17.9. The van der Waals surface area contributed by atoms with Gasteiger partial charge in [-0.25, -0.2) is 12.8 Å². The summed E-state index contributed by atoms with van der Waals surface area (Å²) >= 11 is 0. The van der Waals surface area contributed by atoms with E-state index in [1.165, 1.54) is 31.3 Å². The quantitative estimate of drug-likeness (QED) is 0.459. The zero-order valence-corrected chi connectivity index (χ0v) is 13.7. The Bertz CT molecular complexity index is 694. The largest absolute Gasteiger partial charge is 0.443 e. The predicted octanol–water partition coefficient (Wildman–Crippen LogP) is 2.98. The van der Waals surface area contributed by atoms with Crippen molar-refractivity contribution in [2.75, 3.05) is 13.3 Å². The maximum Gasteiger partial charge on any atom is 0.233 e. The van der Waals surface area contributed by atoms with Crippen LogP contribution in [-0.4, -0.2) is 31.9 Å². The van der Waals surface area contributed by atoms with E-state index in [1.54, 1.807) is 6.92 Å². The van der Waals surface area contributed by atoms with Crippen molar-refractivity contribution in [2.24, 2.45) is 4.99 Å². The first-order valence-electron chi connectivity index (χ1n) is 6.48. The Morgan fingerprint density at radius 3 is 2.32 bits per heavy atom. The molecule has 0 heterocycles. The Morgan fingerprint density at radius 2 is 1.86 bits per heavy atom. The minimum atomic E-state index is -3.43. The fourth-order valence-corrected chi connectivity index (χ4v) is 1.84. The van der Waals surface area contributed by atoms with Crippen molar-refractivity contribution in [3.05, 3.63) is 54.6 Å². The van der Waals surface area contributed by atoms with Crippen LogP contribution in [0.25, 0.3) is 5.76 Å². The van der Waals surface area contributed by atoms with Gasteiger partial charge in [0.05, 0.1) is 6.26 Å². The third-order valence-corrected chi connectivity index (χ3v) is 4.03. The summed E-state index contributed by atoms with van der Waals surface area (Å²) in [6, 6.07) is 5.65. The summed E-state index contributed by atoms with van der Waals surface area (Å²) in [4.78, 5) is 4.06. The summed E-state index contributed by atoms with van der Waals surface area (Å²) in [7, 11) is -2.08. The Morgan fingerprint density at radius 1 is 1.32 bits per heavy atom. The van der Waals surface area contributed by atoms with E-state index in [4.69, 9.17) is 4.74 Å². The minimum absolute atomic E-state index is 0.0336. The standard InChI is InChI=1S/C15H19FN2O3S/c1-6-15(17-12(3)18(4)22(5,19)20)21-11(2)13-7-9-14(16)10-8-13/h7-10H,2-3,6H2,1,4-5H3. The van der Waals surface area contributed by atoms with E-state index in [0.29, 0.717) is 12.0 Å². The van der Waals surface area contributed by atoms with Gasteiger partial charge in [0.15, 0.2) is 5.90 Å². The molecule has 0 saturated carbocycles. The van der Waals surface area contributed by atoms with Crippen LogP contribution in [0.15, 0.2) is 48.2 Å². The van der Waals surface area contributed by atoms with Crippen LogP contribution in [-0.2, 0) is 14.8 Å². The van der Waals surface area contributed by atoms with Gasteiger partial charge in [0, 0.05) is 19.0 Å². The summed E-state index contributed by atoms with van der Waals surface area (Å²) in [5, 5.41) is 0. The normalized spacial score (nSPS) is 11.9. The topological polar surface area (TPSA) is 59.0 Å². The molecule has 1 rings (SSSR count). The molecule has 0 radical (unpaired) electrons. The van der Waals surface area contributed by atoms with E-state index in [2.05, 4.69) is 18.2 Å². The number of benzene rings is 1. The zero-order valence-electron chi connectivity index (χ0n) is 12.8. The molecule has 5 nitrogen and oxygen atoms in total. The molecular weight excluding hydrogens is 307 g/mol. The lowest BCUT2D eigenvalue weighted by atomic mass is 10.2. The maximum atomic E-state index is 12.9. The number of ether oxygens (including phenoxy) is 1. The lowest BCUT2D eigenvalue weighted by Crippen LogP contribution is -2.24. The van der Waals surface area contributed by atoms with Gasteiger partial charge in [-0.1, -0.05) is 20.1 Å². The predicted molar refractivity (Wildman–Crippen MR) is 86.0 cm³/mol. The molecule has 0 aliphatic carbocycles. The summed E-state index contributed by atoms with van der Waals surface area (Å²) in [5.74, 6) is 0.223. The van der Waals surface area contributed by atoms with E-state index in [1.807, 2.05) is 0 Å². The molecule has 0 aromatic heterocycles. The van der Waals surface area contributed by atoms with Crippen molar-refractivity contribution >= 4 is 21.7 Å². The van der Waals surface area contributed by atoms with E-state index < -0.39 is 10.0 Å². The maximum absolute atomic E-state index is 12.9. The van der Waals surface area contributed by atoms with Crippen LogP contribution in [0.5, 0.6) is 0 Å². The molecule has 0 amide bonds. The molecular formula is C15H19FN2O3S. The minimum Gasteiger partial charge on any atom is -0.443 e. The third kappa shape index (κ3) is 5.00. The van der Waals surface area contributed by atoms with E-state index in [-0.39, 0.29) is 23.3 Å². The van der Waals surface area contributed by atoms with E-state index >= 15 is 0 Å². The molecule has 0 saturated heterocycles. The first-order chi connectivity index (χ1) is 10.1. The second-order valence-electron chi connectivity index (χ2n) is 4.54. The summed E-state index contributed by atoms with van der Waals surface area (Å²) in [5.41, 5.74) is 0.602. The van der Waals surface area contributed by atoms with Gasteiger partial charge in [-0.2, -0.15) is 4.99 Å². The number of hydrogen-bond donors (Lipinski definition) is 0. The molecule has 1 aromatic carbocycles. The third-order valence-electron chi connectivity index (χ3n) is 2.82. The van der Waals surface area contributed by atoms with Crippen molar-refractivity contribution in [3.63, 3.8) is 0 Å². The Kier molecular flexibility index (Phi) is 5.87. The second kappa shape index (κ2) is 7.22. The van der Waals surface area contributed by atoms with Gasteiger partial charge in [-0.05, 0) is 24.3 Å². The van der Waals surface area contributed by atoms with Gasteiger partial charge in [0.1, 0.15) is 17.4 Å². The number of rotatable bonds is 6. The summed E-state index contributed by atoms with van der Waals surface area (Å²) in [6.07, 6.45) is 1.47. The second-order valence-corrected chi connectivity index (χ2v) is 6.55. The molecule has 1 aromatic rings. The molecule has 0 spiro atoms. The molecule has 0 unspecified atom stereocenters. The van der Waals surface area contributed by atoms with Crippen LogP contribution in [0, 0.1) is 5.82 Å². The number of hydrogen-bond acceptors (Lipinski definition) is 4. The fraction of sp³-hybridized carbons (Fsp3) is 0.267. The van der Waals surface area contributed by atoms with Crippen LogP contribution in [0.4, 0.5) is 4.39 Å². The van der Waals surface area contributed by atoms with E-state index in [9.17, 15) is 12.8 Å². The fourth-order valence-electron chi connectivity index (χ4n) is 1.42. The highest BCUT2D eigenvalue weighted by Gasteiger charge is 2.14. The molecule has 0 aliphatic heterocycles. The van der Waals surface area contributed by atoms with Crippen molar-refractivity contribution in [1.82, 2.24) is 4.31 Å². The zero-order chi connectivity index (χ0) is 16.9. The number of nitrogens with zero attached hydrogens (tertiary/aromatic N) is 2. The molecule has 0 N–H and O–H groups in total. The van der Waals surface area contributed by atoms with Gasteiger partial charge in [-0.3, -0.25) is 4.31 Å². The van der Waals surface area contributed by atoms with Gasteiger partial charge in [0.2, 0.25) is 10.0 Å². The van der Waals surface area contributed by atoms with E-state index in [0.717, 1.165) is 10.6 Å². The molecule has 0 aliphatic rings. The molecule has 0 atom stereocenters. The Hall–Kier alpha value is -2.15. The smallest absolute Gasteiger partial charge is 0.233 e. The summed E-state index contributed by atoms with van der Waals surface area (Å²) < 4.78 is 42.2. The molecule has 120 valence electrons. The van der Waals surface area contributed by atoms with Crippen LogP contribution >= 0.6 is 0 Å². The molecule has 7 heteroatoms. The molecule has 0 fully saturated rings. The average Bonchev–Trinajstić information content (AvgIpc) is 2.45. The SMILES string of the molecule is C=C(OC(CC)=NC(=C)N(C)S(C)(=O)=O)c1ccc(F)cc1. The highest BCUT2D eigenvalue weighted by atomic mass is 32.2. The number of sulfonamides is 1. The monoisotopic (exact) mass is 326 g/mol. The number of aliphatic imine (C=N–C) groups is 1. The van der Waals surface area contributed by atoms with Gasteiger partial charge in [0.25, 0.3) is 0 Å². The average molecular weight is 326 g/mol. The van der Waals surface area contributed by atoms with Crippen molar-refractivity contribution in [3.8, 4) is 0 Å². The molecule has 22 heavy (non-hydrogen) atoms. The van der Waals surface area contributed by atoms with Crippen LogP contribution in [0.2, 0.25) is 0 Å². The Balaban J connectivity index is 2.88.